The topological polar surface area (TPSA) is 33.3 Å². The van der Waals surface area contributed by atoms with Gasteiger partial charge in [-0.05, 0) is 43.0 Å². The predicted molar refractivity (Wildman–Crippen MR) is 114 cm³/mol. The summed E-state index contributed by atoms with van der Waals surface area (Å²) in [6, 6.07) is 14.8. The van der Waals surface area contributed by atoms with Gasteiger partial charge in [0.05, 0.1) is 6.61 Å². The maximum absolute atomic E-state index is 5.86. The molecule has 0 radical (unpaired) electrons. The summed E-state index contributed by atoms with van der Waals surface area (Å²) < 4.78 is 5.86. The third kappa shape index (κ3) is 6.62. The Labute approximate surface area is 159 Å². The fourth-order valence-corrected chi connectivity index (χ4v) is 3.09. The van der Waals surface area contributed by atoms with Crippen LogP contribution in [0.5, 0.6) is 5.75 Å². The van der Waals surface area contributed by atoms with Gasteiger partial charge in [0.15, 0.2) is 0 Å². The van der Waals surface area contributed by atoms with Gasteiger partial charge in [-0.25, -0.2) is 0 Å². The lowest BCUT2D eigenvalue weighted by molar-refractivity contribution is 0.305. The molecule has 3 heteroatoms. The Balaban J connectivity index is 1.75. The number of hydrogen-bond acceptors (Lipinski definition) is 3. The molecule has 3 nitrogen and oxygen atoms in total. The number of unbranched alkanes of at least 4 members (excludes halogenated alkanes) is 3. The van der Waals surface area contributed by atoms with Crippen molar-refractivity contribution < 1.29 is 4.74 Å². The second-order valence-corrected chi connectivity index (χ2v) is 6.75. The van der Waals surface area contributed by atoms with Crippen LogP contribution in [0.4, 0.5) is 11.4 Å². The second kappa shape index (κ2) is 11.5. The Morgan fingerprint density at radius 3 is 2.50 bits per heavy atom. The van der Waals surface area contributed by atoms with E-state index < -0.39 is 0 Å². The van der Waals surface area contributed by atoms with Crippen LogP contribution in [0.3, 0.4) is 0 Å². The van der Waals surface area contributed by atoms with E-state index in [9.17, 15) is 0 Å². The van der Waals surface area contributed by atoms with Gasteiger partial charge in [-0.1, -0.05) is 57.4 Å². The van der Waals surface area contributed by atoms with Crippen LogP contribution < -0.4 is 15.4 Å². The molecule has 2 aromatic carbocycles. The summed E-state index contributed by atoms with van der Waals surface area (Å²) in [5, 5.41) is 7.06. The van der Waals surface area contributed by atoms with Crippen LogP contribution in [0.2, 0.25) is 0 Å². The van der Waals surface area contributed by atoms with Crippen LogP contribution in [-0.4, -0.2) is 19.7 Å². The highest BCUT2D eigenvalue weighted by atomic mass is 16.5. The molecule has 0 aliphatic heterocycles. The number of rotatable bonds is 12. The van der Waals surface area contributed by atoms with Crippen molar-refractivity contribution in [3.63, 3.8) is 0 Å². The summed E-state index contributed by atoms with van der Waals surface area (Å²) in [5.41, 5.74) is 5.07. The maximum Gasteiger partial charge on any atom is 0.121 e. The minimum absolute atomic E-state index is 0.804. The van der Waals surface area contributed by atoms with Crippen molar-refractivity contribution in [2.24, 2.45) is 0 Å². The molecule has 2 aromatic rings. The van der Waals surface area contributed by atoms with E-state index in [2.05, 4.69) is 61.7 Å². The second-order valence-electron chi connectivity index (χ2n) is 6.75. The summed E-state index contributed by atoms with van der Waals surface area (Å²) >= 11 is 0. The third-order valence-electron chi connectivity index (χ3n) is 4.60. The molecule has 0 fully saturated rings. The minimum atomic E-state index is 0.804. The van der Waals surface area contributed by atoms with Crippen LogP contribution in [0.15, 0.2) is 42.5 Å². The normalized spacial score (nSPS) is 10.6. The van der Waals surface area contributed by atoms with Gasteiger partial charge >= 0.3 is 0 Å². The molecule has 0 aromatic heterocycles. The van der Waals surface area contributed by atoms with Crippen LogP contribution in [0.1, 0.15) is 50.7 Å². The molecule has 0 aliphatic carbocycles. The van der Waals surface area contributed by atoms with Gasteiger partial charge in [0.1, 0.15) is 5.75 Å². The standard InChI is InChI=1S/C23H34N2O/c1-4-6-7-8-17-26-22-14-10-13-21(18-22)24-15-16-25-23-19(3)11-9-12-20(23)5-2/h9-14,18,24-25H,4-8,15-17H2,1-3H3. The number of benzene rings is 2. The van der Waals surface area contributed by atoms with Crippen molar-refractivity contribution in [3.8, 4) is 5.75 Å². The van der Waals surface area contributed by atoms with Crippen LogP contribution in [-0.2, 0) is 6.42 Å². The van der Waals surface area contributed by atoms with Crippen LogP contribution >= 0.6 is 0 Å². The Morgan fingerprint density at radius 1 is 0.885 bits per heavy atom. The van der Waals surface area contributed by atoms with E-state index in [0.29, 0.717) is 0 Å². The van der Waals surface area contributed by atoms with Gasteiger partial charge in [0.2, 0.25) is 0 Å². The molecule has 2 rings (SSSR count). The zero-order valence-electron chi connectivity index (χ0n) is 16.6. The lowest BCUT2D eigenvalue weighted by atomic mass is 10.1. The molecule has 0 saturated carbocycles. The van der Waals surface area contributed by atoms with Crippen LogP contribution in [0.25, 0.3) is 0 Å². The number of aryl methyl sites for hydroxylation is 2. The molecule has 142 valence electrons. The fourth-order valence-electron chi connectivity index (χ4n) is 3.09. The first kappa shape index (κ1) is 20.2. The van der Waals surface area contributed by atoms with E-state index in [0.717, 1.165) is 44.0 Å². The van der Waals surface area contributed by atoms with Gasteiger partial charge in [0.25, 0.3) is 0 Å². The molecule has 0 atom stereocenters. The Kier molecular flexibility index (Phi) is 8.88. The van der Waals surface area contributed by atoms with E-state index >= 15 is 0 Å². The number of anilines is 2. The average Bonchev–Trinajstić information content (AvgIpc) is 2.66. The van der Waals surface area contributed by atoms with E-state index in [1.165, 1.54) is 36.1 Å². The lowest BCUT2D eigenvalue weighted by Gasteiger charge is -2.15. The van der Waals surface area contributed by atoms with Crippen molar-refractivity contribution in [1.29, 1.82) is 0 Å². The number of hydrogen-bond donors (Lipinski definition) is 2. The summed E-state index contributed by atoms with van der Waals surface area (Å²) in [6.07, 6.45) is 5.98. The van der Waals surface area contributed by atoms with Crippen molar-refractivity contribution in [2.75, 3.05) is 30.3 Å². The third-order valence-corrected chi connectivity index (χ3v) is 4.60. The highest BCUT2D eigenvalue weighted by Gasteiger charge is 2.03. The molecule has 26 heavy (non-hydrogen) atoms. The quantitative estimate of drug-likeness (QED) is 0.456. The predicted octanol–water partition coefficient (Wildman–Crippen LogP) is 6.04. The molecule has 0 aliphatic rings. The number of para-hydroxylation sites is 1. The molecule has 0 amide bonds. The monoisotopic (exact) mass is 354 g/mol. The zero-order chi connectivity index (χ0) is 18.6. The molecular weight excluding hydrogens is 320 g/mol. The number of ether oxygens (including phenoxy) is 1. The molecule has 0 unspecified atom stereocenters. The first-order valence-corrected chi connectivity index (χ1v) is 10.0. The summed E-state index contributed by atoms with van der Waals surface area (Å²) in [7, 11) is 0. The van der Waals surface area contributed by atoms with Crippen molar-refractivity contribution >= 4 is 11.4 Å². The Bertz CT molecular complexity index is 654. The Morgan fingerprint density at radius 2 is 1.69 bits per heavy atom. The maximum atomic E-state index is 5.86. The van der Waals surface area contributed by atoms with Gasteiger partial charge in [-0.2, -0.15) is 0 Å². The fraction of sp³-hybridized carbons (Fsp3) is 0.478. The van der Waals surface area contributed by atoms with Crippen molar-refractivity contribution in [3.05, 3.63) is 53.6 Å². The van der Waals surface area contributed by atoms with E-state index in [1.807, 2.05) is 12.1 Å². The zero-order valence-corrected chi connectivity index (χ0v) is 16.6. The Hall–Kier alpha value is -2.16. The largest absolute Gasteiger partial charge is 0.494 e. The molecule has 0 bridgehead atoms. The summed E-state index contributed by atoms with van der Waals surface area (Å²) in [4.78, 5) is 0. The smallest absolute Gasteiger partial charge is 0.121 e. The molecule has 0 heterocycles. The first-order chi connectivity index (χ1) is 12.7. The highest BCUT2D eigenvalue weighted by molar-refractivity contribution is 5.57. The molecule has 2 N–H and O–H groups in total. The van der Waals surface area contributed by atoms with Gasteiger partial charge in [0, 0.05) is 30.5 Å². The highest BCUT2D eigenvalue weighted by Crippen LogP contribution is 2.21. The van der Waals surface area contributed by atoms with Crippen molar-refractivity contribution in [2.45, 2.75) is 52.9 Å². The summed E-state index contributed by atoms with van der Waals surface area (Å²) in [5.74, 6) is 0.951. The molecular formula is C23H34N2O. The van der Waals surface area contributed by atoms with E-state index in [1.54, 1.807) is 0 Å². The SMILES string of the molecule is CCCCCCOc1cccc(NCCNc2c(C)cccc2CC)c1. The van der Waals surface area contributed by atoms with Crippen LogP contribution in [0, 0.1) is 6.92 Å². The molecule has 0 saturated heterocycles. The first-order valence-electron chi connectivity index (χ1n) is 10.0. The van der Waals surface area contributed by atoms with Crippen molar-refractivity contribution in [1.82, 2.24) is 0 Å². The lowest BCUT2D eigenvalue weighted by Crippen LogP contribution is -2.15. The minimum Gasteiger partial charge on any atom is -0.494 e. The van der Waals surface area contributed by atoms with Gasteiger partial charge in [-0.3, -0.25) is 0 Å². The van der Waals surface area contributed by atoms with E-state index in [4.69, 9.17) is 4.74 Å². The summed E-state index contributed by atoms with van der Waals surface area (Å²) in [6.45, 7) is 9.16. The van der Waals surface area contributed by atoms with Gasteiger partial charge < -0.3 is 15.4 Å². The van der Waals surface area contributed by atoms with Gasteiger partial charge in [-0.15, -0.1) is 0 Å². The average molecular weight is 355 g/mol. The number of nitrogens with one attached hydrogen (secondary N) is 2. The molecule has 0 spiro atoms. The van der Waals surface area contributed by atoms with E-state index in [-0.39, 0.29) is 0 Å².